The summed E-state index contributed by atoms with van der Waals surface area (Å²) in [6, 6.07) is 0.407. The second kappa shape index (κ2) is 4.60. The molecule has 1 saturated heterocycles. The van der Waals surface area contributed by atoms with Crippen molar-refractivity contribution < 1.29 is 4.79 Å². The van der Waals surface area contributed by atoms with Crippen LogP contribution in [0.25, 0.3) is 0 Å². The number of rotatable bonds is 3. The molecule has 1 N–H and O–H groups in total. The summed E-state index contributed by atoms with van der Waals surface area (Å²) in [6.07, 6.45) is 4.90. The maximum absolute atomic E-state index is 12.6. The molecule has 1 amide bonds. The molecule has 1 aliphatic carbocycles. The van der Waals surface area contributed by atoms with Gasteiger partial charge < -0.3 is 10.2 Å². The Balaban J connectivity index is 2.02. The number of hydrogen-bond acceptors (Lipinski definition) is 2. The van der Waals surface area contributed by atoms with Crippen LogP contribution in [-0.2, 0) is 4.79 Å². The van der Waals surface area contributed by atoms with Gasteiger partial charge in [-0.2, -0.15) is 0 Å². The lowest BCUT2D eigenvalue weighted by atomic mass is 9.77. The molecule has 0 bridgehead atoms. The third-order valence-corrected chi connectivity index (χ3v) is 4.64. The average Bonchev–Trinajstić information content (AvgIpc) is 3.09. The van der Waals surface area contributed by atoms with Crippen LogP contribution >= 0.6 is 0 Å². The molecule has 0 spiro atoms. The van der Waals surface area contributed by atoms with E-state index in [-0.39, 0.29) is 17.4 Å². The molecule has 3 nitrogen and oxygen atoms in total. The number of nitrogens with one attached hydrogen (secondary N) is 1. The number of hydrogen-bond donors (Lipinski definition) is 1. The van der Waals surface area contributed by atoms with Gasteiger partial charge >= 0.3 is 0 Å². The van der Waals surface area contributed by atoms with Gasteiger partial charge in [-0.15, -0.1) is 0 Å². The summed E-state index contributed by atoms with van der Waals surface area (Å²) in [6.45, 7) is 7.57. The second-order valence-electron chi connectivity index (χ2n) is 6.51. The first-order chi connectivity index (χ1) is 7.93. The van der Waals surface area contributed by atoms with Crippen molar-refractivity contribution in [1.29, 1.82) is 0 Å². The van der Waals surface area contributed by atoms with Crippen LogP contribution in [0.2, 0.25) is 0 Å². The van der Waals surface area contributed by atoms with Crippen LogP contribution < -0.4 is 5.32 Å². The number of carbonyl (C=O) groups is 1. The van der Waals surface area contributed by atoms with Crippen LogP contribution in [0, 0.1) is 11.3 Å². The van der Waals surface area contributed by atoms with E-state index >= 15 is 0 Å². The third kappa shape index (κ3) is 2.65. The minimum absolute atomic E-state index is 0.00227. The first-order valence-corrected chi connectivity index (χ1v) is 6.93. The Hall–Kier alpha value is -0.570. The van der Waals surface area contributed by atoms with Gasteiger partial charge in [0.2, 0.25) is 5.91 Å². The monoisotopic (exact) mass is 238 g/mol. The summed E-state index contributed by atoms with van der Waals surface area (Å²) in [7, 11) is 1.97. The molecule has 3 heteroatoms. The van der Waals surface area contributed by atoms with Crippen molar-refractivity contribution >= 4 is 5.91 Å². The number of likely N-dealkylation sites (N-methyl/N-ethyl adjacent to an activating group) is 1. The van der Waals surface area contributed by atoms with Gasteiger partial charge in [0, 0.05) is 13.1 Å². The minimum Gasteiger partial charge on any atom is -0.341 e. The summed E-state index contributed by atoms with van der Waals surface area (Å²) >= 11 is 0. The highest BCUT2D eigenvalue weighted by molar-refractivity contribution is 5.83. The van der Waals surface area contributed by atoms with Gasteiger partial charge in [-0.1, -0.05) is 13.8 Å². The van der Waals surface area contributed by atoms with E-state index in [1.54, 1.807) is 0 Å². The quantitative estimate of drug-likeness (QED) is 0.816. The fourth-order valence-corrected chi connectivity index (χ4v) is 2.93. The number of piperidine rings is 1. The Morgan fingerprint density at radius 1 is 1.41 bits per heavy atom. The molecule has 98 valence electrons. The lowest BCUT2D eigenvalue weighted by Crippen LogP contribution is -2.57. The largest absolute Gasteiger partial charge is 0.341 e. The maximum Gasteiger partial charge on any atom is 0.240 e. The highest BCUT2D eigenvalue weighted by Gasteiger charge is 2.41. The summed E-state index contributed by atoms with van der Waals surface area (Å²) in [4.78, 5) is 14.5. The van der Waals surface area contributed by atoms with E-state index in [2.05, 4.69) is 26.1 Å². The molecule has 2 atom stereocenters. The fourth-order valence-electron chi connectivity index (χ4n) is 2.93. The molecule has 1 aliphatic heterocycles. The lowest BCUT2D eigenvalue weighted by molar-refractivity contribution is -0.138. The highest BCUT2D eigenvalue weighted by Crippen LogP contribution is 2.36. The van der Waals surface area contributed by atoms with E-state index < -0.39 is 0 Å². The molecule has 2 rings (SSSR count). The summed E-state index contributed by atoms with van der Waals surface area (Å²) in [5, 5.41) is 3.41. The molecule has 0 aromatic heterocycles. The van der Waals surface area contributed by atoms with E-state index in [1.807, 2.05) is 11.9 Å². The van der Waals surface area contributed by atoms with E-state index in [0.717, 1.165) is 18.9 Å². The van der Waals surface area contributed by atoms with E-state index in [9.17, 15) is 4.79 Å². The predicted octanol–water partition coefficient (Wildman–Crippen LogP) is 2.02. The zero-order chi connectivity index (χ0) is 12.6. The van der Waals surface area contributed by atoms with Crippen LogP contribution in [0.3, 0.4) is 0 Å². The van der Waals surface area contributed by atoms with Crippen LogP contribution in [-0.4, -0.2) is 36.5 Å². The van der Waals surface area contributed by atoms with Crippen molar-refractivity contribution in [3.8, 4) is 0 Å². The summed E-state index contributed by atoms with van der Waals surface area (Å²) in [5.74, 6) is 1.03. The zero-order valence-electron chi connectivity index (χ0n) is 11.6. The van der Waals surface area contributed by atoms with E-state index in [1.165, 1.54) is 19.3 Å². The first-order valence-electron chi connectivity index (χ1n) is 6.93. The van der Waals surface area contributed by atoms with Gasteiger partial charge in [0.05, 0.1) is 6.04 Å². The first kappa shape index (κ1) is 12.9. The Bertz CT molecular complexity index is 297. The molecule has 2 aliphatic rings. The van der Waals surface area contributed by atoms with Gasteiger partial charge in [0.1, 0.15) is 0 Å². The smallest absolute Gasteiger partial charge is 0.240 e. The number of carbonyl (C=O) groups excluding carboxylic acids is 1. The molecule has 0 aromatic rings. The summed E-state index contributed by atoms with van der Waals surface area (Å²) in [5.41, 5.74) is 0.0901. The van der Waals surface area contributed by atoms with Crippen molar-refractivity contribution in [2.75, 3.05) is 13.6 Å². The van der Waals surface area contributed by atoms with Crippen molar-refractivity contribution in [3.63, 3.8) is 0 Å². The Kier molecular flexibility index (Phi) is 3.48. The SMILES string of the molecule is CC(C1CC1)N(C)C(=O)C1NCCCC1(C)C. The molecule has 0 aromatic carbocycles. The van der Waals surface area contributed by atoms with Crippen LogP contribution in [0.4, 0.5) is 0 Å². The van der Waals surface area contributed by atoms with E-state index in [4.69, 9.17) is 0 Å². The van der Waals surface area contributed by atoms with Gasteiger partial charge in [-0.3, -0.25) is 4.79 Å². The molecule has 2 unspecified atom stereocenters. The number of nitrogens with zero attached hydrogens (tertiary/aromatic N) is 1. The van der Waals surface area contributed by atoms with Crippen LogP contribution in [0.15, 0.2) is 0 Å². The molecular weight excluding hydrogens is 212 g/mol. The van der Waals surface area contributed by atoms with Crippen molar-refractivity contribution in [2.24, 2.45) is 11.3 Å². The molecular formula is C14H26N2O. The Morgan fingerprint density at radius 2 is 2.06 bits per heavy atom. The highest BCUT2D eigenvalue weighted by atomic mass is 16.2. The van der Waals surface area contributed by atoms with Crippen molar-refractivity contribution in [1.82, 2.24) is 10.2 Å². The Labute approximate surface area is 105 Å². The Morgan fingerprint density at radius 3 is 2.59 bits per heavy atom. The minimum atomic E-state index is 0.00227. The lowest BCUT2D eigenvalue weighted by Gasteiger charge is -2.41. The predicted molar refractivity (Wildman–Crippen MR) is 69.8 cm³/mol. The molecule has 17 heavy (non-hydrogen) atoms. The molecule has 1 saturated carbocycles. The maximum atomic E-state index is 12.6. The van der Waals surface area contributed by atoms with Gasteiger partial charge in [0.15, 0.2) is 0 Å². The number of amides is 1. The third-order valence-electron chi connectivity index (χ3n) is 4.64. The van der Waals surface area contributed by atoms with Crippen LogP contribution in [0.5, 0.6) is 0 Å². The van der Waals surface area contributed by atoms with Crippen LogP contribution in [0.1, 0.15) is 46.5 Å². The topological polar surface area (TPSA) is 32.3 Å². The normalized spacial score (nSPS) is 29.8. The standard InChI is InChI=1S/C14H26N2O/c1-10(11-6-7-11)16(4)13(17)12-14(2,3)8-5-9-15-12/h10-12,15H,5-9H2,1-4H3. The van der Waals surface area contributed by atoms with Gasteiger partial charge in [0.25, 0.3) is 0 Å². The summed E-state index contributed by atoms with van der Waals surface area (Å²) < 4.78 is 0. The molecule has 0 radical (unpaired) electrons. The average molecular weight is 238 g/mol. The van der Waals surface area contributed by atoms with Gasteiger partial charge in [-0.25, -0.2) is 0 Å². The molecule has 1 heterocycles. The fraction of sp³-hybridized carbons (Fsp3) is 0.929. The zero-order valence-corrected chi connectivity index (χ0v) is 11.6. The van der Waals surface area contributed by atoms with Gasteiger partial charge in [-0.05, 0) is 50.5 Å². The second-order valence-corrected chi connectivity index (χ2v) is 6.51. The van der Waals surface area contributed by atoms with Crippen molar-refractivity contribution in [2.45, 2.75) is 58.5 Å². The van der Waals surface area contributed by atoms with Crippen molar-refractivity contribution in [3.05, 3.63) is 0 Å². The molecule has 2 fully saturated rings. The van der Waals surface area contributed by atoms with E-state index in [0.29, 0.717) is 6.04 Å².